The van der Waals surface area contributed by atoms with E-state index in [2.05, 4.69) is 0 Å². The Balaban J connectivity index is 1.54. The highest BCUT2D eigenvalue weighted by Crippen LogP contribution is 2.56. The number of carbonyl (C=O) groups is 3. The summed E-state index contributed by atoms with van der Waals surface area (Å²) in [5, 5.41) is 24.3. The van der Waals surface area contributed by atoms with Gasteiger partial charge in [0.2, 0.25) is 0 Å². The van der Waals surface area contributed by atoms with Crippen molar-refractivity contribution in [2.24, 2.45) is 23.7 Å². The molecule has 3 amide bonds. The average Bonchev–Trinajstić information content (AvgIpc) is 3.51. The first-order valence-electron chi connectivity index (χ1n) is 10.9. The molecule has 0 aromatic heterocycles. The molecule has 34 heavy (non-hydrogen) atoms. The fourth-order valence-corrected chi connectivity index (χ4v) is 5.72. The standard InChI is InChI=1S/C23H20N4O7/c28-21(13-7-9-17(10-8-13)26(31)32)24(12-16-3-1-2-4-18(16)27(33)34)25-22(29)19-14-5-6-15(11-14)20(19)23(25)30/h1-4,7-10,14-15,19-20H,5-6,11-12H2/t14-,15-,19+,20+/m0/s1. The third-order valence-corrected chi connectivity index (χ3v) is 7.21. The number of nitro benzene ring substituents is 2. The maximum Gasteiger partial charge on any atom is 0.274 e. The number of nitrogens with zero attached hydrogens (tertiary/aromatic N) is 4. The lowest BCUT2D eigenvalue weighted by Gasteiger charge is -2.31. The first-order valence-corrected chi connectivity index (χ1v) is 10.9. The van der Waals surface area contributed by atoms with Gasteiger partial charge in [-0.25, -0.2) is 5.01 Å². The topological polar surface area (TPSA) is 144 Å². The number of hydrogen-bond donors (Lipinski definition) is 0. The molecule has 0 radical (unpaired) electrons. The summed E-state index contributed by atoms with van der Waals surface area (Å²) in [5.74, 6) is -2.44. The first kappa shape index (κ1) is 21.7. The molecule has 2 aliphatic carbocycles. The third-order valence-electron chi connectivity index (χ3n) is 7.21. The summed E-state index contributed by atoms with van der Waals surface area (Å²) in [6.45, 7) is -0.376. The van der Waals surface area contributed by atoms with Crippen LogP contribution in [0.1, 0.15) is 35.2 Å². The number of benzene rings is 2. The Morgan fingerprint density at radius 2 is 1.50 bits per heavy atom. The van der Waals surface area contributed by atoms with E-state index in [9.17, 15) is 34.6 Å². The van der Waals surface area contributed by atoms with Crippen molar-refractivity contribution in [1.29, 1.82) is 0 Å². The van der Waals surface area contributed by atoms with E-state index in [4.69, 9.17) is 0 Å². The van der Waals surface area contributed by atoms with Crippen molar-refractivity contribution in [3.05, 3.63) is 79.9 Å². The van der Waals surface area contributed by atoms with Crippen molar-refractivity contribution in [3.63, 3.8) is 0 Å². The van der Waals surface area contributed by atoms with E-state index in [-0.39, 0.29) is 40.9 Å². The molecule has 3 fully saturated rings. The lowest BCUT2D eigenvalue weighted by Crippen LogP contribution is -2.50. The molecule has 3 aliphatic rings. The molecule has 0 N–H and O–H groups in total. The van der Waals surface area contributed by atoms with E-state index in [1.165, 1.54) is 30.3 Å². The van der Waals surface area contributed by atoms with Crippen LogP contribution in [0.4, 0.5) is 11.4 Å². The van der Waals surface area contributed by atoms with Gasteiger partial charge < -0.3 is 0 Å². The quantitative estimate of drug-likeness (QED) is 0.363. The summed E-state index contributed by atoms with van der Waals surface area (Å²) < 4.78 is 0. The molecule has 1 saturated heterocycles. The third kappa shape index (κ3) is 3.31. The number of rotatable bonds is 6. The summed E-state index contributed by atoms with van der Waals surface area (Å²) in [5.41, 5.74) is -0.294. The van der Waals surface area contributed by atoms with Gasteiger partial charge in [0, 0.05) is 23.8 Å². The predicted octanol–water partition coefficient (Wildman–Crippen LogP) is 3.09. The molecule has 2 saturated carbocycles. The Bertz CT molecular complexity index is 1200. The molecule has 0 spiro atoms. The first-order chi connectivity index (χ1) is 16.3. The number of nitro groups is 2. The minimum Gasteiger partial charge on any atom is -0.272 e. The van der Waals surface area contributed by atoms with Gasteiger partial charge in [0.05, 0.1) is 33.8 Å². The van der Waals surface area contributed by atoms with Crippen LogP contribution < -0.4 is 0 Å². The molecule has 174 valence electrons. The van der Waals surface area contributed by atoms with E-state index in [0.29, 0.717) is 0 Å². The number of imide groups is 1. The summed E-state index contributed by atoms with van der Waals surface area (Å²) in [6, 6.07) is 10.6. The largest absolute Gasteiger partial charge is 0.274 e. The monoisotopic (exact) mass is 464 g/mol. The summed E-state index contributed by atoms with van der Waals surface area (Å²) in [7, 11) is 0. The second-order valence-electron chi connectivity index (χ2n) is 8.93. The SMILES string of the molecule is O=C(c1ccc([N+](=O)[O-])cc1)N(Cc1ccccc1[N+](=O)[O-])N1C(=O)[C@@H]2[C@H]3CC[C@@H](C3)[C@H]2C1=O. The fraction of sp³-hybridized carbons (Fsp3) is 0.348. The Labute approximate surface area is 193 Å². The highest BCUT2D eigenvalue weighted by Gasteiger charge is 2.62. The van der Waals surface area contributed by atoms with E-state index in [0.717, 1.165) is 41.4 Å². The van der Waals surface area contributed by atoms with Crippen LogP contribution in [0.3, 0.4) is 0 Å². The van der Waals surface area contributed by atoms with Gasteiger partial charge in [0.25, 0.3) is 29.1 Å². The molecular formula is C23H20N4O7. The number of para-hydroxylation sites is 1. The van der Waals surface area contributed by atoms with Gasteiger partial charge in [-0.05, 0) is 43.2 Å². The van der Waals surface area contributed by atoms with E-state index >= 15 is 0 Å². The summed E-state index contributed by atoms with van der Waals surface area (Å²) in [6.07, 6.45) is 2.54. The van der Waals surface area contributed by atoms with Crippen LogP contribution in [0.2, 0.25) is 0 Å². The molecule has 11 nitrogen and oxygen atoms in total. The van der Waals surface area contributed by atoms with Crippen molar-refractivity contribution in [3.8, 4) is 0 Å². The van der Waals surface area contributed by atoms with Gasteiger partial charge >= 0.3 is 0 Å². The van der Waals surface area contributed by atoms with Crippen molar-refractivity contribution in [2.75, 3.05) is 0 Å². The number of hydrogen-bond acceptors (Lipinski definition) is 7. The minimum absolute atomic E-state index is 0.0183. The van der Waals surface area contributed by atoms with E-state index in [1.54, 1.807) is 6.07 Å². The molecule has 4 atom stereocenters. The van der Waals surface area contributed by atoms with Crippen LogP contribution in [0.15, 0.2) is 48.5 Å². The molecule has 1 heterocycles. The lowest BCUT2D eigenvalue weighted by atomic mass is 9.81. The maximum absolute atomic E-state index is 13.5. The van der Waals surface area contributed by atoms with Gasteiger partial charge in [0.1, 0.15) is 0 Å². The van der Waals surface area contributed by atoms with E-state index in [1.807, 2.05) is 0 Å². The Morgan fingerprint density at radius 1 is 0.912 bits per heavy atom. The van der Waals surface area contributed by atoms with Gasteiger partial charge in [-0.1, -0.05) is 18.2 Å². The van der Waals surface area contributed by atoms with Crippen LogP contribution in [0.25, 0.3) is 0 Å². The zero-order valence-corrected chi connectivity index (χ0v) is 17.9. The van der Waals surface area contributed by atoms with Crippen LogP contribution in [-0.4, -0.2) is 37.6 Å². The Hall–Kier alpha value is -4.15. The van der Waals surface area contributed by atoms with Crippen molar-refractivity contribution in [1.82, 2.24) is 10.0 Å². The van der Waals surface area contributed by atoms with Crippen LogP contribution in [0.5, 0.6) is 0 Å². The molecule has 5 rings (SSSR count). The smallest absolute Gasteiger partial charge is 0.272 e. The average molecular weight is 464 g/mol. The zero-order chi connectivity index (χ0) is 24.1. The van der Waals surface area contributed by atoms with Crippen molar-refractivity contribution in [2.45, 2.75) is 25.8 Å². The number of amides is 3. The highest BCUT2D eigenvalue weighted by atomic mass is 16.6. The number of carbonyl (C=O) groups excluding carboxylic acids is 3. The normalized spacial score (nSPS) is 24.9. The van der Waals surface area contributed by atoms with Gasteiger partial charge in [0.15, 0.2) is 0 Å². The Morgan fingerprint density at radius 3 is 2.06 bits per heavy atom. The maximum atomic E-state index is 13.5. The molecule has 2 bridgehead atoms. The lowest BCUT2D eigenvalue weighted by molar-refractivity contribution is -0.385. The predicted molar refractivity (Wildman–Crippen MR) is 116 cm³/mol. The molecule has 2 aromatic carbocycles. The summed E-state index contributed by atoms with van der Waals surface area (Å²) in [4.78, 5) is 61.7. The van der Waals surface area contributed by atoms with Crippen LogP contribution in [-0.2, 0) is 16.1 Å². The highest BCUT2D eigenvalue weighted by molar-refractivity contribution is 6.08. The molecule has 2 aromatic rings. The Kier molecular flexibility index (Phi) is 5.11. The van der Waals surface area contributed by atoms with Crippen molar-refractivity contribution >= 4 is 29.1 Å². The number of non-ortho nitro benzene ring substituents is 1. The fourth-order valence-electron chi connectivity index (χ4n) is 5.72. The zero-order valence-electron chi connectivity index (χ0n) is 17.9. The van der Waals surface area contributed by atoms with Gasteiger partial charge in [-0.15, -0.1) is 0 Å². The van der Waals surface area contributed by atoms with Crippen molar-refractivity contribution < 1.29 is 24.2 Å². The minimum atomic E-state index is -0.748. The molecule has 1 aliphatic heterocycles. The molecule has 11 heteroatoms. The number of hydrazine groups is 1. The van der Waals surface area contributed by atoms with E-state index < -0.39 is 39.4 Å². The van der Waals surface area contributed by atoms with Crippen LogP contribution in [0, 0.1) is 43.9 Å². The second kappa shape index (κ2) is 8.01. The van der Waals surface area contributed by atoms with Crippen LogP contribution >= 0.6 is 0 Å². The summed E-state index contributed by atoms with van der Waals surface area (Å²) >= 11 is 0. The molecular weight excluding hydrogens is 444 g/mol. The number of fused-ring (bicyclic) bond motifs is 5. The van der Waals surface area contributed by atoms with Gasteiger partial charge in [-0.3, -0.25) is 34.6 Å². The van der Waals surface area contributed by atoms with Gasteiger partial charge in [-0.2, -0.15) is 5.01 Å². The molecule has 0 unspecified atom stereocenters. The second-order valence-corrected chi connectivity index (χ2v) is 8.93.